The molecule has 1 aliphatic heterocycles. The van der Waals surface area contributed by atoms with Crippen molar-refractivity contribution in [3.63, 3.8) is 0 Å². The van der Waals surface area contributed by atoms with Gasteiger partial charge in [0.05, 0.1) is 6.10 Å². The Morgan fingerprint density at radius 1 is 1.00 bits per heavy atom. The first-order valence-electron chi connectivity index (χ1n) is 7.99. The highest BCUT2D eigenvalue weighted by Crippen LogP contribution is 2.27. The summed E-state index contributed by atoms with van der Waals surface area (Å²) in [6.45, 7) is 0. The van der Waals surface area contributed by atoms with Crippen LogP contribution in [0.2, 0.25) is 0 Å². The third kappa shape index (κ3) is 3.67. The van der Waals surface area contributed by atoms with Gasteiger partial charge in [-0.2, -0.15) is 0 Å². The minimum absolute atomic E-state index is 0.102. The zero-order valence-electron chi connectivity index (χ0n) is 12.7. The molecule has 1 aliphatic rings. The van der Waals surface area contributed by atoms with Crippen LogP contribution in [0.3, 0.4) is 0 Å². The molecule has 0 aromatic heterocycles. The van der Waals surface area contributed by atoms with Crippen molar-refractivity contribution in [1.82, 2.24) is 5.32 Å². The van der Waals surface area contributed by atoms with Crippen LogP contribution in [-0.2, 0) is 6.42 Å². The molecule has 22 heavy (non-hydrogen) atoms. The molecule has 0 spiro atoms. The number of aliphatic hydroxyl groups excluding tert-OH is 1. The molecule has 1 unspecified atom stereocenters. The predicted molar refractivity (Wildman–Crippen MR) is 87.8 cm³/mol. The third-order valence-electron chi connectivity index (χ3n) is 4.52. The van der Waals surface area contributed by atoms with Crippen molar-refractivity contribution in [2.24, 2.45) is 0 Å². The summed E-state index contributed by atoms with van der Waals surface area (Å²) in [6, 6.07) is 17.9. The monoisotopic (exact) mass is 297 g/mol. The number of aryl methyl sites for hydroxylation is 1. The van der Waals surface area contributed by atoms with Crippen molar-refractivity contribution < 1.29 is 10.2 Å². The van der Waals surface area contributed by atoms with E-state index >= 15 is 0 Å². The molecule has 116 valence electrons. The summed E-state index contributed by atoms with van der Waals surface area (Å²) in [5.74, 6) is 0.232. The maximum Gasteiger partial charge on any atom is 0.115 e. The first-order valence-corrected chi connectivity index (χ1v) is 7.99. The summed E-state index contributed by atoms with van der Waals surface area (Å²) in [4.78, 5) is 0. The van der Waals surface area contributed by atoms with Crippen LogP contribution in [-0.4, -0.2) is 22.3 Å². The number of benzene rings is 2. The van der Waals surface area contributed by atoms with E-state index in [1.54, 1.807) is 24.3 Å². The average molecular weight is 297 g/mol. The second-order valence-corrected chi connectivity index (χ2v) is 6.11. The first-order chi connectivity index (χ1) is 10.7. The first kappa shape index (κ1) is 15.1. The smallest absolute Gasteiger partial charge is 0.115 e. The maximum atomic E-state index is 10.5. The average Bonchev–Trinajstić information content (AvgIpc) is 3.03. The minimum atomic E-state index is -0.512. The van der Waals surface area contributed by atoms with Crippen LogP contribution in [0.5, 0.6) is 5.75 Å². The molecule has 3 rings (SSSR count). The number of nitrogens with one attached hydrogen (secondary N) is 1. The van der Waals surface area contributed by atoms with Crippen LogP contribution >= 0.6 is 0 Å². The van der Waals surface area contributed by atoms with E-state index in [9.17, 15) is 10.2 Å². The number of aromatic hydroxyl groups is 1. The molecule has 1 fully saturated rings. The van der Waals surface area contributed by atoms with E-state index in [1.807, 2.05) is 6.07 Å². The Labute approximate surface area is 131 Å². The van der Waals surface area contributed by atoms with Gasteiger partial charge < -0.3 is 15.5 Å². The van der Waals surface area contributed by atoms with Crippen LogP contribution in [0.15, 0.2) is 54.6 Å². The summed E-state index contributed by atoms with van der Waals surface area (Å²) < 4.78 is 0. The zero-order chi connectivity index (χ0) is 15.4. The molecule has 3 nitrogen and oxygen atoms in total. The fraction of sp³-hybridized carbons (Fsp3) is 0.368. The van der Waals surface area contributed by atoms with Gasteiger partial charge in [0.15, 0.2) is 0 Å². The summed E-state index contributed by atoms with van der Waals surface area (Å²) in [5.41, 5.74) is 2.23. The fourth-order valence-electron chi connectivity index (χ4n) is 3.22. The molecule has 0 bridgehead atoms. The van der Waals surface area contributed by atoms with Gasteiger partial charge in [-0.1, -0.05) is 42.5 Å². The van der Waals surface area contributed by atoms with E-state index in [-0.39, 0.29) is 11.8 Å². The van der Waals surface area contributed by atoms with Gasteiger partial charge in [0.1, 0.15) is 5.75 Å². The Balaban J connectivity index is 1.52. The van der Waals surface area contributed by atoms with Gasteiger partial charge in [0.2, 0.25) is 0 Å². The van der Waals surface area contributed by atoms with Crippen molar-refractivity contribution in [3.8, 4) is 5.75 Å². The van der Waals surface area contributed by atoms with Crippen molar-refractivity contribution in [3.05, 3.63) is 65.7 Å². The van der Waals surface area contributed by atoms with Crippen molar-refractivity contribution in [1.29, 1.82) is 0 Å². The molecule has 3 N–H and O–H groups in total. The predicted octanol–water partition coefficient (Wildman–Crippen LogP) is 3.18. The quantitative estimate of drug-likeness (QED) is 0.794. The van der Waals surface area contributed by atoms with Crippen LogP contribution < -0.4 is 5.32 Å². The lowest BCUT2D eigenvalue weighted by Crippen LogP contribution is -2.34. The molecule has 1 heterocycles. The van der Waals surface area contributed by atoms with Crippen LogP contribution in [0.4, 0.5) is 0 Å². The molecule has 1 saturated heterocycles. The Hall–Kier alpha value is -1.84. The van der Waals surface area contributed by atoms with Gasteiger partial charge >= 0.3 is 0 Å². The van der Waals surface area contributed by atoms with Crippen molar-refractivity contribution >= 4 is 0 Å². The number of hydrogen-bond acceptors (Lipinski definition) is 3. The number of phenols is 1. The second-order valence-electron chi connectivity index (χ2n) is 6.11. The lowest BCUT2D eigenvalue weighted by molar-refractivity contribution is 0.135. The van der Waals surface area contributed by atoms with Crippen LogP contribution in [0.25, 0.3) is 0 Å². The molecular weight excluding hydrogens is 274 g/mol. The van der Waals surface area contributed by atoms with Crippen molar-refractivity contribution in [2.45, 2.75) is 43.9 Å². The largest absolute Gasteiger partial charge is 0.508 e. The normalized spacial score (nSPS) is 22.6. The van der Waals surface area contributed by atoms with Gasteiger partial charge in [-0.25, -0.2) is 0 Å². The Bertz CT molecular complexity index is 582. The van der Waals surface area contributed by atoms with E-state index in [4.69, 9.17) is 0 Å². The summed E-state index contributed by atoms with van der Waals surface area (Å²) in [5, 5.41) is 23.4. The number of phenolic OH excluding ortho intramolecular Hbond substituents is 1. The highest BCUT2D eigenvalue weighted by molar-refractivity contribution is 5.28. The topological polar surface area (TPSA) is 52.5 Å². The highest BCUT2D eigenvalue weighted by atomic mass is 16.3. The Kier molecular flexibility index (Phi) is 4.76. The van der Waals surface area contributed by atoms with E-state index in [0.29, 0.717) is 6.04 Å². The molecule has 3 atom stereocenters. The minimum Gasteiger partial charge on any atom is -0.508 e. The van der Waals surface area contributed by atoms with Gasteiger partial charge in [-0.15, -0.1) is 0 Å². The molecule has 0 aliphatic carbocycles. The maximum absolute atomic E-state index is 10.5. The van der Waals surface area contributed by atoms with Gasteiger partial charge in [-0.05, 0) is 48.9 Å². The summed E-state index contributed by atoms with van der Waals surface area (Å²) in [6.07, 6.45) is 3.75. The van der Waals surface area contributed by atoms with Gasteiger partial charge in [-0.3, -0.25) is 0 Å². The van der Waals surface area contributed by atoms with Crippen LogP contribution in [0.1, 0.15) is 36.5 Å². The fourth-order valence-corrected chi connectivity index (χ4v) is 3.22. The van der Waals surface area contributed by atoms with Gasteiger partial charge in [0, 0.05) is 12.1 Å². The molecule has 0 radical (unpaired) electrons. The van der Waals surface area contributed by atoms with E-state index < -0.39 is 6.10 Å². The molecule has 2 aromatic carbocycles. The molecule has 0 amide bonds. The molecular formula is C19H23NO2. The van der Waals surface area contributed by atoms with E-state index in [2.05, 4.69) is 29.6 Å². The summed E-state index contributed by atoms with van der Waals surface area (Å²) >= 11 is 0. The summed E-state index contributed by atoms with van der Waals surface area (Å²) in [7, 11) is 0. The Morgan fingerprint density at radius 3 is 2.45 bits per heavy atom. The number of rotatable bonds is 5. The standard InChI is InChI=1S/C19H23NO2/c21-17-11-7-15(8-12-17)19(22)18-13-10-16(20-18)9-6-14-4-2-1-3-5-14/h1-5,7-8,11-12,16,18-22H,6,9-10,13H2/t16-,18-,19?/m0/s1. The molecule has 3 heteroatoms. The van der Waals surface area contributed by atoms with Crippen molar-refractivity contribution in [2.75, 3.05) is 0 Å². The lowest BCUT2D eigenvalue weighted by atomic mass is 10.0. The number of hydrogen-bond donors (Lipinski definition) is 3. The third-order valence-corrected chi connectivity index (χ3v) is 4.52. The lowest BCUT2D eigenvalue weighted by Gasteiger charge is -2.20. The molecule has 2 aromatic rings. The SMILES string of the molecule is Oc1ccc(C(O)[C@@H]2CC[C@H](CCc3ccccc3)N2)cc1. The highest BCUT2D eigenvalue weighted by Gasteiger charge is 2.29. The molecule has 0 saturated carbocycles. The van der Waals surface area contributed by atoms with Crippen LogP contribution in [0, 0.1) is 0 Å². The van der Waals surface area contributed by atoms with Gasteiger partial charge in [0.25, 0.3) is 0 Å². The Morgan fingerprint density at radius 2 is 1.73 bits per heavy atom. The van der Waals surface area contributed by atoms with E-state index in [0.717, 1.165) is 31.2 Å². The second kappa shape index (κ2) is 6.95. The zero-order valence-corrected chi connectivity index (χ0v) is 12.7. The number of aliphatic hydroxyl groups is 1. The van der Waals surface area contributed by atoms with E-state index in [1.165, 1.54) is 5.56 Å².